The summed E-state index contributed by atoms with van der Waals surface area (Å²) in [6, 6.07) is 12.3. The molecular formula is C30H38ClN5O8. The summed E-state index contributed by atoms with van der Waals surface area (Å²) in [6.45, 7) is 9.54. The number of carbonyl (C=O) groups excluding carboxylic acids is 5. The lowest BCUT2D eigenvalue weighted by Crippen LogP contribution is -2.47. The second-order valence-electron chi connectivity index (χ2n) is 11.4. The van der Waals surface area contributed by atoms with Crippen molar-refractivity contribution >= 4 is 53.2 Å². The minimum atomic E-state index is -0.897. The van der Waals surface area contributed by atoms with Crippen LogP contribution in [0.1, 0.15) is 69.9 Å². The summed E-state index contributed by atoms with van der Waals surface area (Å²) in [4.78, 5) is 66.6. The molecule has 4 N–H and O–H groups in total. The number of nitrogens with zero attached hydrogens (tertiary/aromatic N) is 1. The largest absolute Gasteiger partial charge is 0.469 e. The van der Waals surface area contributed by atoms with E-state index in [-0.39, 0.29) is 28.7 Å². The van der Waals surface area contributed by atoms with Crippen molar-refractivity contribution in [2.75, 3.05) is 13.7 Å². The van der Waals surface area contributed by atoms with E-state index in [1.165, 1.54) is 25.3 Å². The predicted molar refractivity (Wildman–Crippen MR) is 164 cm³/mol. The van der Waals surface area contributed by atoms with Crippen molar-refractivity contribution in [2.45, 2.75) is 65.2 Å². The van der Waals surface area contributed by atoms with E-state index in [0.29, 0.717) is 5.56 Å². The Morgan fingerprint density at radius 3 is 1.95 bits per heavy atom. The zero-order chi connectivity index (χ0) is 33.1. The summed E-state index contributed by atoms with van der Waals surface area (Å²) in [5, 5.41) is 9.94. The number of hydrogen-bond acceptors (Lipinski definition) is 9. The first-order valence-corrected chi connectivity index (χ1v) is 13.9. The number of hydrogen-bond donors (Lipinski definition) is 4. The number of benzene rings is 2. The SMILES string of the molecule is COC(=O)CC(NC(=O)CNC(=O)c1cc(N=C(NC(=O)OC(C)(C)C)NC(=O)OC(C)(C)C)ccc1Cl)c1ccccc1. The number of guanidine groups is 1. The van der Waals surface area contributed by atoms with Gasteiger partial charge in [-0.25, -0.2) is 14.6 Å². The van der Waals surface area contributed by atoms with Gasteiger partial charge in [0.15, 0.2) is 0 Å². The summed E-state index contributed by atoms with van der Waals surface area (Å²) in [5.41, 5.74) is -0.905. The van der Waals surface area contributed by atoms with E-state index in [1.807, 2.05) is 0 Å². The van der Waals surface area contributed by atoms with E-state index < -0.39 is 53.8 Å². The van der Waals surface area contributed by atoms with E-state index in [9.17, 15) is 24.0 Å². The van der Waals surface area contributed by atoms with Crippen molar-refractivity contribution in [3.05, 3.63) is 64.7 Å². The van der Waals surface area contributed by atoms with Crippen LogP contribution in [0.25, 0.3) is 0 Å². The number of rotatable bonds is 8. The van der Waals surface area contributed by atoms with Crippen molar-refractivity contribution in [3.63, 3.8) is 0 Å². The molecule has 14 heteroatoms. The Morgan fingerprint density at radius 2 is 1.43 bits per heavy atom. The third-order valence-electron chi connectivity index (χ3n) is 5.22. The highest BCUT2D eigenvalue weighted by Crippen LogP contribution is 2.23. The quantitative estimate of drug-likeness (QED) is 0.142. The predicted octanol–water partition coefficient (Wildman–Crippen LogP) is 4.53. The molecule has 238 valence electrons. The molecule has 2 aromatic rings. The molecule has 0 aliphatic rings. The highest BCUT2D eigenvalue weighted by molar-refractivity contribution is 6.34. The summed E-state index contributed by atoms with van der Waals surface area (Å²) < 4.78 is 15.2. The monoisotopic (exact) mass is 631 g/mol. The average Bonchev–Trinajstić information content (AvgIpc) is 2.90. The molecule has 0 heterocycles. The fraction of sp³-hybridized carbons (Fsp3) is 0.400. The van der Waals surface area contributed by atoms with Gasteiger partial charge in [-0.1, -0.05) is 41.9 Å². The number of esters is 1. The van der Waals surface area contributed by atoms with E-state index in [4.69, 9.17) is 25.8 Å². The third-order valence-corrected chi connectivity index (χ3v) is 5.55. The molecule has 2 rings (SSSR count). The fourth-order valence-corrected chi connectivity index (χ4v) is 3.67. The Hall–Kier alpha value is -4.65. The van der Waals surface area contributed by atoms with Gasteiger partial charge in [0.2, 0.25) is 11.9 Å². The highest BCUT2D eigenvalue weighted by atomic mass is 35.5. The summed E-state index contributed by atoms with van der Waals surface area (Å²) >= 11 is 6.25. The summed E-state index contributed by atoms with van der Waals surface area (Å²) in [7, 11) is 1.25. The molecule has 0 aromatic heterocycles. The van der Waals surface area contributed by atoms with Gasteiger partial charge in [-0.05, 0) is 65.3 Å². The van der Waals surface area contributed by atoms with Crippen molar-refractivity contribution in [1.29, 1.82) is 0 Å². The van der Waals surface area contributed by atoms with Crippen LogP contribution in [0.15, 0.2) is 53.5 Å². The maximum atomic E-state index is 13.0. The van der Waals surface area contributed by atoms with Gasteiger partial charge in [-0.3, -0.25) is 25.0 Å². The Labute approximate surface area is 261 Å². The molecule has 2 aromatic carbocycles. The molecule has 0 bridgehead atoms. The zero-order valence-electron chi connectivity index (χ0n) is 25.7. The molecular weight excluding hydrogens is 594 g/mol. The number of methoxy groups -OCH3 is 1. The first kappa shape index (κ1) is 35.5. The van der Waals surface area contributed by atoms with E-state index >= 15 is 0 Å². The van der Waals surface area contributed by atoms with E-state index in [0.717, 1.165) is 0 Å². The van der Waals surface area contributed by atoms with Gasteiger partial charge in [0.05, 0.1) is 42.4 Å². The highest BCUT2D eigenvalue weighted by Gasteiger charge is 2.23. The molecule has 0 saturated carbocycles. The minimum Gasteiger partial charge on any atom is -0.469 e. The molecule has 44 heavy (non-hydrogen) atoms. The number of nitrogens with one attached hydrogen (secondary N) is 4. The number of carbonyl (C=O) groups is 5. The molecule has 0 aliphatic heterocycles. The Kier molecular flexibility index (Phi) is 12.7. The van der Waals surface area contributed by atoms with Crippen molar-refractivity contribution in [1.82, 2.24) is 21.3 Å². The van der Waals surface area contributed by atoms with Crippen LogP contribution in [0.2, 0.25) is 5.02 Å². The summed E-state index contributed by atoms with van der Waals surface area (Å²) in [5.74, 6) is -2.12. The van der Waals surface area contributed by atoms with Gasteiger partial charge in [0.1, 0.15) is 11.2 Å². The molecule has 13 nitrogen and oxygen atoms in total. The van der Waals surface area contributed by atoms with Gasteiger partial charge >= 0.3 is 18.2 Å². The Balaban J connectivity index is 2.21. The molecule has 0 saturated heterocycles. The van der Waals surface area contributed by atoms with Crippen molar-refractivity contribution in [2.24, 2.45) is 4.99 Å². The Morgan fingerprint density at radius 1 is 0.864 bits per heavy atom. The minimum absolute atomic E-state index is 0.0382. The van der Waals surface area contributed by atoms with Crippen LogP contribution in [0, 0.1) is 0 Å². The molecule has 0 spiro atoms. The fourth-order valence-electron chi connectivity index (χ4n) is 3.46. The molecule has 1 atom stereocenters. The molecule has 4 amide bonds. The van der Waals surface area contributed by atoms with Crippen LogP contribution < -0.4 is 21.3 Å². The van der Waals surface area contributed by atoms with Gasteiger partial charge in [-0.2, -0.15) is 0 Å². The van der Waals surface area contributed by atoms with Gasteiger partial charge in [0.25, 0.3) is 5.91 Å². The van der Waals surface area contributed by atoms with Gasteiger partial charge < -0.3 is 24.8 Å². The third kappa shape index (κ3) is 13.1. The van der Waals surface area contributed by atoms with Gasteiger partial charge in [0, 0.05) is 0 Å². The second kappa shape index (κ2) is 15.7. The van der Waals surface area contributed by atoms with Crippen molar-refractivity contribution < 1.29 is 38.2 Å². The van der Waals surface area contributed by atoms with Crippen LogP contribution in [-0.4, -0.2) is 60.8 Å². The Bertz CT molecular complexity index is 1350. The van der Waals surface area contributed by atoms with E-state index in [2.05, 4.69) is 26.3 Å². The maximum Gasteiger partial charge on any atom is 0.414 e. The van der Waals surface area contributed by atoms with Crippen LogP contribution in [0.3, 0.4) is 0 Å². The smallest absolute Gasteiger partial charge is 0.414 e. The molecule has 0 aliphatic carbocycles. The van der Waals surface area contributed by atoms with Crippen LogP contribution >= 0.6 is 11.6 Å². The zero-order valence-corrected chi connectivity index (χ0v) is 26.5. The number of aliphatic imine (C=N–C) groups is 1. The topological polar surface area (TPSA) is 174 Å². The van der Waals surface area contributed by atoms with Crippen LogP contribution in [0.5, 0.6) is 0 Å². The van der Waals surface area contributed by atoms with E-state index in [1.54, 1.807) is 71.9 Å². The first-order chi connectivity index (χ1) is 20.5. The number of alkyl carbamates (subject to hydrolysis) is 2. The summed E-state index contributed by atoms with van der Waals surface area (Å²) in [6.07, 6.45) is -1.90. The average molecular weight is 632 g/mol. The number of ether oxygens (including phenoxy) is 3. The van der Waals surface area contributed by atoms with Crippen molar-refractivity contribution in [3.8, 4) is 0 Å². The number of amides is 4. The maximum absolute atomic E-state index is 13.0. The van der Waals surface area contributed by atoms with Gasteiger partial charge in [-0.15, -0.1) is 0 Å². The second-order valence-corrected chi connectivity index (χ2v) is 11.8. The first-order valence-electron chi connectivity index (χ1n) is 13.5. The molecule has 0 radical (unpaired) electrons. The lowest BCUT2D eigenvalue weighted by Gasteiger charge is -2.22. The standard InChI is InChI=1S/C30H38ClN5O8/c1-29(2,3)43-27(40)35-26(36-28(41)44-30(4,5)6)33-19-13-14-21(31)20(15-19)25(39)32-17-23(37)34-22(16-24(38)42-7)18-11-9-8-10-12-18/h8-15,22H,16-17H2,1-7H3,(H,32,39)(H,34,37)(H2,33,35,36,40,41). The lowest BCUT2D eigenvalue weighted by molar-refractivity contribution is -0.141. The van der Waals surface area contributed by atoms with Crippen LogP contribution in [0.4, 0.5) is 15.3 Å². The molecule has 0 fully saturated rings. The number of halogens is 1. The lowest BCUT2D eigenvalue weighted by atomic mass is 10.0. The molecule has 1 unspecified atom stereocenters. The normalized spacial score (nSPS) is 11.7. The van der Waals surface area contributed by atoms with Crippen LogP contribution in [-0.2, 0) is 23.8 Å².